The molecule has 5 nitrogen and oxygen atoms in total. The molecule has 1 aromatic heterocycles. The highest BCUT2D eigenvalue weighted by Crippen LogP contribution is 2.17. The zero-order valence-corrected chi connectivity index (χ0v) is 11.4. The van der Waals surface area contributed by atoms with Gasteiger partial charge in [-0.25, -0.2) is 0 Å². The zero-order valence-electron chi connectivity index (χ0n) is 11.4. The van der Waals surface area contributed by atoms with Gasteiger partial charge in [-0.3, -0.25) is 9.48 Å². The van der Waals surface area contributed by atoms with Gasteiger partial charge in [0.15, 0.2) is 0 Å². The number of nitrogens with zero attached hydrogens (tertiary/aromatic N) is 3. The standard InChI is InChI=1S/C13H22N4O/c1-10(2)17-9-13(8-14-17)15-12-4-6-16(7-5-12)11(3)18/h8-10,12,15H,4-7H2,1-3H3. The zero-order chi connectivity index (χ0) is 13.1. The van der Waals surface area contributed by atoms with Crippen LogP contribution in [0.1, 0.15) is 39.7 Å². The predicted octanol–water partition coefficient (Wildman–Crippen LogP) is 1.89. The maximum Gasteiger partial charge on any atom is 0.219 e. The fourth-order valence-corrected chi connectivity index (χ4v) is 2.27. The van der Waals surface area contributed by atoms with Crippen molar-refractivity contribution < 1.29 is 4.79 Å². The van der Waals surface area contributed by atoms with Gasteiger partial charge in [-0.1, -0.05) is 0 Å². The highest BCUT2D eigenvalue weighted by atomic mass is 16.2. The van der Waals surface area contributed by atoms with E-state index in [0.29, 0.717) is 12.1 Å². The Balaban J connectivity index is 1.85. The van der Waals surface area contributed by atoms with Crippen molar-refractivity contribution in [3.8, 4) is 0 Å². The van der Waals surface area contributed by atoms with Crippen LogP contribution >= 0.6 is 0 Å². The molecule has 18 heavy (non-hydrogen) atoms. The lowest BCUT2D eigenvalue weighted by atomic mass is 10.1. The first kappa shape index (κ1) is 12.9. The van der Waals surface area contributed by atoms with Crippen molar-refractivity contribution in [3.63, 3.8) is 0 Å². The first-order valence-corrected chi connectivity index (χ1v) is 6.62. The van der Waals surface area contributed by atoms with E-state index >= 15 is 0 Å². The van der Waals surface area contributed by atoms with E-state index in [1.807, 2.05) is 22.0 Å². The molecule has 1 saturated heterocycles. The van der Waals surface area contributed by atoms with E-state index in [4.69, 9.17) is 0 Å². The maximum absolute atomic E-state index is 11.2. The van der Waals surface area contributed by atoms with E-state index in [0.717, 1.165) is 31.6 Å². The Bertz CT molecular complexity index is 405. The summed E-state index contributed by atoms with van der Waals surface area (Å²) in [6.07, 6.45) is 5.93. The molecular formula is C13H22N4O. The third-order valence-electron chi connectivity index (χ3n) is 3.44. The van der Waals surface area contributed by atoms with E-state index < -0.39 is 0 Å². The molecule has 0 aromatic carbocycles. The summed E-state index contributed by atoms with van der Waals surface area (Å²) < 4.78 is 1.95. The Labute approximate surface area is 108 Å². The summed E-state index contributed by atoms with van der Waals surface area (Å²) in [5.41, 5.74) is 1.07. The monoisotopic (exact) mass is 250 g/mol. The normalized spacial score (nSPS) is 17.2. The average Bonchev–Trinajstić information content (AvgIpc) is 2.78. The van der Waals surface area contributed by atoms with Crippen molar-refractivity contribution in [2.24, 2.45) is 0 Å². The molecule has 0 aliphatic carbocycles. The van der Waals surface area contributed by atoms with Crippen LogP contribution in [0.4, 0.5) is 5.69 Å². The van der Waals surface area contributed by atoms with Crippen molar-refractivity contribution in [3.05, 3.63) is 12.4 Å². The van der Waals surface area contributed by atoms with E-state index in [2.05, 4.69) is 24.3 Å². The minimum atomic E-state index is 0.182. The first-order valence-electron chi connectivity index (χ1n) is 6.62. The van der Waals surface area contributed by atoms with Crippen LogP contribution < -0.4 is 5.32 Å². The highest BCUT2D eigenvalue weighted by molar-refractivity contribution is 5.73. The number of piperidine rings is 1. The second-order valence-electron chi connectivity index (χ2n) is 5.23. The molecule has 1 aromatic rings. The fraction of sp³-hybridized carbons (Fsp3) is 0.692. The molecule has 5 heteroatoms. The van der Waals surface area contributed by atoms with Crippen LogP contribution in [0.15, 0.2) is 12.4 Å². The topological polar surface area (TPSA) is 50.2 Å². The molecule has 1 N–H and O–H groups in total. The third kappa shape index (κ3) is 3.03. The van der Waals surface area contributed by atoms with Crippen LogP contribution in [0, 0.1) is 0 Å². The molecule has 0 saturated carbocycles. The van der Waals surface area contributed by atoms with Crippen molar-refractivity contribution in [1.29, 1.82) is 0 Å². The van der Waals surface area contributed by atoms with Crippen LogP contribution in [0.25, 0.3) is 0 Å². The number of amides is 1. The highest BCUT2D eigenvalue weighted by Gasteiger charge is 2.20. The predicted molar refractivity (Wildman–Crippen MR) is 71.5 cm³/mol. The lowest BCUT2D eigenvalue weighted by molar-refractivity contribution is -0.129. The summed E-state index contributed by atoms with van der Waals surface area (Å²) >= 11 is 0. The number of carbonyl (C=O) groups excluding carboxylic acids is 1. The number of aromatic nitrogens is 2. The van der Waals surface area contributed by atoms with Crippen LogP contribution in [-0.4, -0.2) is 39.7 Å². The van der Waals surface area contributed by atoms with Crippen molar-refractivity contribution in [1.82, 2.24) is 14.7 Å². The lowest BCUT2D eigenvalue weighted by Crippen LogP contribution is -2.41. The largest absolute Gasteiger partial charge is 0.380 e. The van der Waals surface area contributed by atoms with Gasteiger partial charge in [-0.05, 0) is 26.7 Å². The summed E-state index contributed by atoms with van der Waals surface area (Å²) in [5.74, 6) is 0.182. The molecule has 1 aliphatic rings. The summed E-state index contributed by atoms with van der Waals surface area (Å²) in [7, 11) is 0. The number of likely N-dealkylation sites (tertiary alicyclic amines) is 1. The summed E-state index contributed by atoms with van der Waals surface area (Å²) in [4.78, 5) is 13.1. The van der Waals surface area contributed by atoms with Crippen molar-refractivity contribution in [2.75, 3.05) is 18.4 Å². The number of anilines is 1. The van der Waals surface area contributed by atoms with Gasteiger partial charge in [0.25, 0.3) is 0 Å². The fourth-order valence-electron chi connectivity index (χ4n) is 2.27. The van der Waals surface area contributed by atoms with Gasteiger partial charge in [-0.2, -0.15) is 5.10 Å². The van der Waals surface area contributed by atoms with Gasteiger partial charge in [-0.15, -0.1) is 0 Å². The number of rotatable bonds is 3. The molecule has 0 radical (unpaired) electrons. The minimum absolute atomic E-state index is 0.182. The first-order chi connectivity index (χ1) is 8.56. The van der Waals surface area contributed by atoms with E-state index in [-0.39, 0.29) is 5.91 Å². The minimum Gasteiger partial charge on any atom is -0.380 e. The summed E-state index contributed by atoms with van der Waals surface area (Å²) in [5, 5.41) is 7.81. The number of nitrogens with one attached hydrogen (secondary N) is 1. The second-order valence-corrected chi connectivity index (χ2v) is 5.23. The molecule has 1 fully saturated rings. The van der Waals surface area contributed by atoms with Crippen molar-refractivity contribution in [2.45, 2.75) is 45.7 Å². The second kappa shape index (κ2) is 5.42. The van der Waals surface area contributed by atoms with Gasteiger partial charge >= 0.3 is 0 Å². The van der Waals surface area contributed by atoms with Gasteiger partial charge < -0.3 is 10.2 Å². The quantitative estimate of drug-likeness (QED) is 0.891. The van der Waals surface area contributed by atoms with E-state index in [1.165, 1.54) is 0 Å². The van der Waals surface area contributed by atoms with Crippen molar-refractivity contribution >= 4 is 11.6 Å². The molecule has 2 rings (SSSR count). The van der Waals surface area contributed by atoms with Crippen LogP contribution in [-0.2, 0) is 4.79 Å². The number of hydrogen-bond acceptors (Lipinski definition) is 3. The Morgan fingerprint density at radius 2 is 2.11 bits per heavy atom. The van der Waals surface area contributed by atoms with E-state index in [1.54, 1.807) is 6.92 Å². The Kier molecular flexibility index (Phi) is 3.89. The molecule has 0 unspecified atom stereocenters. The van der Waals surface area contributed by atoms with Gasteiger partial charge in [0.05, 0.1) is 11.9 Å². The number of hydrogen-bond donors (Lipinski definition) is 1. The summed E-state index contributed by atoms with van der Waals surface area (Å²) in [6.45, 7) is 7.57. The maximum atomic E-state index is 11.2. The Morgan fingerprint density at radius 3 is 2.61 bits per heavy atom. The molecule has 100 valence electrons. The molecule has 2 heterocycles. The molecular weight excluding hydrogens is 228 g/mol. The third-order valence-corrected chi connectivity index (χ3v) is 3.44. The number of carbonyl (C=O) groups is 1. The molecule has 1 aliphatic heterocycles. The average molecular weight is 250 g/mol. The lowest BCUT2D eigenvalue weighted by Gasteiger charge is -2.31. The Morgan fingerprint density at radius 1 is 1.44 bits per heavy atom. The SMILES string of the molecule is CC(=O)N1CCC(Nc2cnn(C(C)C)c2)CC1. The Hall–Kier alpha value is -1.52. The smallest absolute Gasteiger partial charge is 0.219 e. The van der Waals surface area contributed by atoms with Crippen LogP contribution in [0.2, 0.25) is 0 Å². The molecule has 1 amide bonds. The van der Waals surface area contributed by atoms with Gasteiger partial charge in [0.1, 0.15) is 0 Å². The van der Waals surface area contributed by atoms with E-state index in [9.17, 15) is 4.79 Å². The molecule has 0 bridgehead atoms. The molecule has 0 spiro atoms. The molecule has 0 atom stereocenters. The van der Waals surface area contributed by atoms with Gasteiger partial charge in [0, 0.05) is 38.3 Å². The van der Waals surface area contributed by atoms with Crippen LogP contribution in [0.3, 0.4) is 0 Å². The summed E-state index contributed by atoms with van der Waals surface area (Å²) in [6, 6.07) is 0.838. The van der Waals surface area contributed by atoms with Gasteiger partial charge in [0.2, 0.25) is 5.91 Å². The van der Waals surface area contributed by atoms with Crippen LogP contribution in [0.5, 0.6) is 0 Å².